The molecule has 1 atom stereocenters. The molecular weight excluding hydrogens is 485 g/mol. The van der Waals surface area contributed by atoms with E-state index >= 15 is 0 Å². The lowest BCUT2D eigenvalue weighted by molar-refractivity contribution is 0.405. The number of hydrogen-bond acceptors (Lipinski definition) is 4. The summed E-state index contributed by atoms with van der Waals surface area (Å²) < 4.78 is 10.8. The molecule has 0 fully saturated rings. The number of nitrogens with one attached hydrogen (secondary N) is 2. The maximum absolute atomic E-state index is 5.41. The number of halogens is 1. The second-order valence-electron chi connectivity index (χ2n) is 6.19. The summed E-state index contributed by atoms with van der Waals surface area (Å²) in [7, 11) is 5.18. The maximum Gasteiger partial charge on any atom is 0.191 e. The van der Waals surface area contributed by atoms with Gasteiger partial charge in [0.2, 0.25) is 0 Å². The van der Waals surface area contributed by atoms with E-state index in [1.54, 1.807) is 21.3 Å². The molecule has 0 bridgehead atoms. The fourth-order valence-corrected chi connectivity index (χ4v) is 3.60. The molecule has 2 rings (SSSR count). The van der Waals surface area contributed by atoms with Crippen LogP contribution < -0.4 is 20.1 Å². The second-order valence-corrected chi connectivity index (χ2v) is 7.25. The van der Waals surface area contributed by atoms with Gasteiger partial charge in [0, 0.05) is 36.3 Å². The molecule has 154 valence electrons. The van der Waals surface area contributed by atoms with Crippen molar-refractivity contribution in [2.24, 2.45) is 10.9 Å². The number of para-hydroxylation sites is 2. The smallest absolute Gasteiger partial charge is 0.191 e. The number of methoxy groups -OCH3 is 2. The topological polar surface area (TPSA) is 54.9 Å². The monoisotopic (exact) mass is 515 g/mol. The Bertz CT molecular complexity index is 743. The SMILES string of the molecule is CN=C(NCc1ccccc1OC)NCC(C)CSc1ccccc1OC.I. The Labute approximate surface area is 189 Å². The summed E-state index contributed by atoms with van der Waals surface area (Å²) in [5.74, 6) is 4.07. The van der Waals surface area contributed by atoms with Gasteiger partial charge in [-0.1, -0.05) is 37.3 Å². The van der Waals surface area contributed by atoms with E-state index in [0.29, 0.717) is 12.5 Å². The average molecular weight is 515 g/mol. The molecular formula is C21H30IN3O2S. The third kappa shape index (κ3) is 7.79. The lowest BCUT2D eigenvalue weighted by Gasteiger charge is -2.17. The molecule has 5 nitrogen and oxygen atoms in total. The average Bonchev–Trinajstić information content (AvgIpc) is 2.72. The molecule has 2 N–H and O–H groups in total. The van der Waals surface area contributed by atoms with Crippen molar-refractivity contribution in [1.29, 1.82) is 0 Å². The van der Waals surface area contributed by atoms with E-state index in [1.165, 1.54) is 4.90 Å². The van der Waals surface area contributed by atoms with Crippen molar-refractivity contribution in [2.75, 3.05) is 33.6 Å². The molecule has 1 unspecified atom stereocenters. The van der Waals surface area contributed by atoms with Crippen LogP contribution in [0.1, 0.15) is 12.5 Å². The van der Waals surface area contributed by atoms with Crippen LogP contribution in [-0.4, -0.2) is 39.5 Å². The summed E-state index contributed by atoms with van der Waals surface area (Å²) in [6.07, 6.45) is 0. The van der Waals surface area contributed by atoms with E-state index in [-0.39, 0.29) is 24.0 Å². The normalized spacial score (nSPS) is 11.9. The van der Waals surface area contributed by atoms with E-state index in [9.17, 15) is 0 Å². The minimum Gasteiger partial charge on any atom is -0.496 e. The first-order valence-corrected chi connectivity index (χ1v) is 9.98. The quantitative estimate of drug-likeness (QED) is 0.224. The minimum atomic E-state index is 0. The number of rotatable bonds is 9. The second kappa shape index (κ2) is 13.5. The van der Waals surface area contributed by atoms with E-state index in [0.717, 1.165) is 35.3 Å². The molecule has 0 saturated heterocycles. The van der Waals surface area contributed by atoms with Gasteiger partial charge in [0.1, 0.15) is 11.5 Å². The Hall–Kier alpha value is -1.61. The van der Waals surface area contributed by atoms with Gasteiger partial charge >= 0.3 is 0 Å². The van der Waals surface area contributed by atoms with Crippen LogP contribution in [0.4, 0.5) is 0 Å². The zero-order valence-corrected chi connectivity index (χ0v) is 20.0. The number of ether oxygens (including phenoxy) is 2. The van der Waals surface area contributed by atoms with Gasteiger partial charge in [0.05, 0.1) is 14.2 Å². The molecule has 0 aromatic heterocycles. The maximum atomic E-state index is 5.41. The van der Waals surface area contributed by atoms with Crippen molar-refractivity contribution in [2.45, 2.75) is 18.4 Å². The first-order valence-electron chi connectivity index (χ1n) is 9.00. The fraction of sp³-hybridized carbons (Fsp3) is 0.381. The number of thioether (sulfide) groups is 1. The van der Waals surface area contributed by atoms with Crippen LogP contribution in [-0.2, 0) is 6.54 Å². The zero-order chi connectivity index (χ0) is 19.5. The molecule has 0 aliphatic heterocycles. The zero-order valence-electron chi connectivity index (χ0n) is 16.9. The standard InChI is InChI=1S/C21H29N3O2S.HI/c1-16(15-27-20-12-8-7-11-19(20)26-4)13-23-21(22-2)24-14-17-9-5-6-10-18(17)25-3;/h5-12,16H,13-15H2,1-4H3,(H2,22,23,24);1H. The van der Waals surface area contributed by atoms with Crippen molar-refractivity contribution in [1.82, 2.24) is 10.6 Å². The van der Waals surface area contributed by atoms with E-state index in [4.69, 9.17) is 9.47 Å². The summed E-state index contributed by atoms with van der Waals surface area (Å²) >= 11 is 1.81. The summed E-state index contributed by atoms with van der Waals surface area (Å²) in [6, 6.07) is 16.1. The summed E-state index contributed by atoms with van der Waals surface area (Å²) in [6.45, 7) is 3.73. The first-order chi connectivity index (χ1) is 13.2. The van der Waals surface area contributed by atoms with Crippen molar-refractivity contribution in [3.8, 4) is 11.5 Å². The highest BCUT2D eigenvalue weighted by molar-refractivity contribution is 14.0. The number of nitrogens with zero attached hydrogens (tertiary/aromatic N) is 1. The molecule has 0 aliphatic rings. The van der Waals surface area contributed by atoms with Gasteiger partial charge in [0.15, 0.2) is 5.96 Å². The largest absolute Gasteiger partial charge is 0.496 e. The van der Waals surface area contributed by atoms with Crippen LogP contribution in [0, 0.1) is 5.92 Å². The molecule has 28 heavy (non-hydrogen) atoms. The Morgan fingerprint density at radius 3 is 2.32 bits per heavy atom. The van der Waals surface area contributed by atoms with Gasteiger partial charge in [-0.25, -0.2) is 0 Å². The van der Waals surface area contributed by atoms with E-state index in [2.05, 4.69) is 28.6 Å². The molecule has 2 aromatic rings. The van der Waals surface area contributed by atoms with Gasteiger partial charge in [0.25, 0.3) is 0 Å². The van der Waals surface area contributed by atoms with Gasteiger partial charge in [-0.3, -0.25) is 4.99 Å². The van der Waals surface area contributed by atoms with E-state index in [1.807, 2.05) is 54.2 Å². The molecule has 0 heterocycles. The highest BCUT2D eigenvalue weighted by Crippen LogP contribution is 2.29. The minimum absolute atomic E-state index is 0. The molecule has 0 aliphatic carbocycles. The molecule has 0 radical (unpaired) electrons. The van der Waals surface area contributed by atoms with Crippen LogP contribution >= 0.6 is 35.7 Å². The fourth-order valence-electron chi connectivity index (χ4n) is 2.55. The summed E-state index contributed by atoms with van der Waals surface area (Å²) in [4.78, 5) is 5.47. The van der Waals surface area contributed by atoms with Crippen molar-refractivity contribution in [3.63, 3.8) is 0 Å². The predicted octanol–water partition coefficient (Wildman–Crippen LogP) is 4.42. The lowest BCUT2D eigenvalue weighted by atomic mass is 10.2. The Morgan fingerprint density at radius 2 is 1.64 bits per heavy atom. The van der Waals surface area contributed by atoms with Crippen LogP contribution in [0.3, 0.4) is 0 Å². The number of guanidine groups is 1. The summed E-state index contributed by atoms with van der Waals surface area (Å²) in [5.41, 5.74) is 1.10. The predicted molar refractivity (Wildman–Crippen MR) is 129 cm³/mol. The Balaban J connectivity index is 0.00000392. The number of benzene rings is 2. The van der Waals surface area contributed by atoms with Crippen LogP contribution in [0.25, 0.3) is 0 Å². The summed E-state index contributed by atoms with van der Waals surface area (Å²) in [5, 5.41) is 6.74. The van der Waals surface area contributed by atoms with Gasteiger partial charge in [-0.2, -0.15) is 0 Å². The number of hydrogen-bond donors (Lipinski definition) is 2. The van der Waals surface area contributed by atoms with Crippen LogP contribution in [0.5, 0.6) is 11.5 Å². The van der Waals surface area contributed by atoms with Crippen LogP contribution in [0.15, 0.2) is 58.4 Å². The Morgan fingerprint density at radius 1 is 1.00 bits per heavy atom. The molecule has 0 spiro atoms. The van der Waals surface area contributed by atoms with Crippen molar-refractivity contribution >= 4 is 41.7 Å². The third-order valence-electron chi connectivity index (χ3n) is 4.07. The van der Waals surface area contributed by atoms with Crippen LogP contribution in [0.2, 0.25) is 0 Å². The van der Waals surface area contributed by atoms with Crippen molar-refractivity contribution in [3.05, 3.63) is 54.1 Å². The lowest BCUT2D eigenvalue weighted by Crippen LogP contribution is -2.39. The molecule has 0 amide bonds. The molecule has 2 aromatic carbocycles. The molecule has 0 saturated carbocycles. The first kappa shape index (κ1) is 24.4. The third-order valence-corrected chi connectivity index (χ3v) is 5.46. The van der Waals surface area contributed by atoms with Gasteiger partial charge in [-0.15, -0.1) is 35.7 Å². The Kier molecular flexibility index (Phi) is 11.8. The van der Waals surface area contributed by atoms with E-state index < -0.39 is 0 Å². The molecule has 7 heteroatoms. The van der Waals surface area contributed by atoms with Crippen molar-refractivity contribution < 1.29 is 9.47 Å². The van der Waals surface area contributed by atoms with Gasteiger partial charge in [-0.05, 0) is 24.1 Å². The number of aliphatic imine (C=N–C) groups is 1. The van der Waals surface area contributed by atoms with Gasteiger partial charge < -0.3 is 20.1 Å². The highest BCUT2D eigenvalue weighted by atomic mass is 127. The highest BCUT2D eigenvalue weighted by Gasteiger charge is 2.08.